The molecule has 4 heteroatoms. The van der Waals surface area contributed by atoms with E-state index in [0.717, 1.165) is 45.5 Å². The summed E-state index contributed by atoms with van der Waals surface area (Å²) in [5.74, 6) is -0.0722. The summed E-state index contributed by atoms with van der Waals surface area (Å²) < 4.78 is 5.01. The minimum Gasteiger partial charge on any atom is -0.481 e. The topological polar surface area (TPSA) is 49.8 Å². The van der Waals surface area contributed by atoms with Crippen LogP contribution in [0.2, 0.25) is 0 Å². The van der Waals surface area contributed by atoms with Gasteiger partial charge in [-0.05, 0) is 44.7 Å². The lowest BCUT2D eigenvalue weighted by Crippen LogP contribution is -2.22. The van der Waals surface area contributed by atoms with Crippen molar-refractivity contribution in [2.24, 2.45) is 5.92 Å². The Hall–Kier alpha value is -0.610. The van der Waals surface area contributed by atoms with Gasteiger partial charge in [0, 0.05) is 26.7 Å². The summed E-state index contributed by atoms with van der Waals surface area (Å²) in [6, 6.07) is 0. The van der Waals surface area contributed by atoms with Crippen molar-refractivity contribution in [1.82, 2.24) is 4.90 Å². The van der Waals surface area contributed by atoms with E-state index in [1.165, 1.54) is 6.42 Å². The zero-order valence-corrected chi connectivity index (χ0v) is 10.2. The molecule has 1 N–H and O–H groups in total. The van der Waals surface area contributed by atoms with Crippen molar-refractivity contribution in [3.8, 4) is 0 Å². The maximum Gasteiger partial charge on any atom is 0.303 e. The second-order valence-corrected chi connectivity index (χ2v) is 4.59. The van der Waals surface area contributed by atoms with Gasteiger partial charge in [0.05, 0.1) is 0 Å². The smallest absolute Gasteiger partial charge is 0.303 e. The summed E-state index contributed by atoms with van der Waals surface area (Å²) in [6.07, 6.45) is 4.62. The van der Waals surface area contributed by atoms with Crippen LogP contribution in [-0.4, -0.2) is 49.3 Å². The lowest BCUT2D eigenvalue weighted by Gasteiger charge is -2.15. The number of carboxylic acids is 1. The van der Waals surface area contributed by atoms with Crippen LogP contribution in [0.15, 0.2) is 0 Å². The molecule has 0 saturated carbocycles. The number of nitrogens with zero attached hydrogens (tertiary/aromatic N) is 1. The predicted octanol–water partition coefficient (Wildman–Crippen LogP) is 1.60. The first-order chi connectivity index (χ1) is 7.72. The number of carboxylic acid groups (broad SMARTS) is 1. The van der Waals surface area contributed by atoms with Crippen molar-refractivity contribution in [2.75, 3.05) is 33.4 Å². The molecule has 1 aliphatic rings. The maximum atomic E-state index is 10.5. The van der Waals surface area contributed by atoms with Crippen molar-refractivity contribution in [1.29, 1.82) is 0 Å². The van der Waals surface area contributed by atoms with Crippen molar-refractivity contribution in [3.05, 3.63) is 0 Å². The van der Waals surface area contributed by atoms with E-state index in [4.69, 9.17) is 9.84 Å². The quantitative estimate of drug-likeness (QED) is 0.642. The Bertz CT molecular complexity index is 208. The number of aliphatic carboxylic acids is 1. The van der Waals surface area contributed by atoms with E-state index < -0.39 is 5.97 Å². The van der Waals surface area contributed by atoms with E-state index in [-0.39, 0.29) is 0 Å². The van der Waals surface area contributed by atoms with Crippen molar-refractivity contribution in [3.63, 3.8) is 0 Å². The first-order valence-electron chi connectivity index (χ1n) is 6.15. The highest BCUT2D eigenvalue weighted by molar-refractivity contribution is 5.66. The lowest BCUT2D eigenvalue weighted by molar-refractivity contribution is -0.137. The molecule has 1 heterocycles. The summed E-state index contributed by atoms with van der Waals surface area (Å²) in [6.45, 7) is 4.20. The largest absolute Gasteiger partial charge is 0.481 e. The zero-order valence-electron chi connectivity index (χ0n) is 10.2. The molecule has 1 atom stereocenters. The third kappa shape index (κ3) is 5.47. The molecule has 1 fully saturated rings. The fourth-order valence-corrected chi connectivity index (χ4v) is 2.26. The van der Waals surface area contributed by atoms with E-state index in [2.05, 4.69) is 4.90 Å². The van der Waals surface area contributed by atoms with Gasteiger partial charge in [-0.15, -0.1) is 0 Å². The molecule has 0 aromatic heterocycles. The maximum absolute atomic E-state index is 10.5. The van der Waals surface area contributed by atoms with E-state index >= 15 is 0 Å². The fraction of sp³-hybridized carbons (Fsp3) is 0.917. The van der Waals surface area contributed by atoms with Gasteiger partial charge in [0.1, 0.15) is 0 Å². The number of carbonyl (C=O) groups is 1. The molecule has 1 rings (SSSR count). The molecular weight excluding hydrogens is 206 g/mol. The number of methoxy groups -OCH3 is 1. The Labute approximate surface area is 97.6 Å². The van der Waals surface area contributed by atoms with Crippen molar-refractivity contribution < 1.29 is 14.6 Å². The van der Waals surface area contributed by atoms with Crippen LogP contribution in [0.3, 0.4) is 0 Å². The molecule has 4 nitrogen and oxygen atoms in total. The Morgan fingerprint density at radius 3 is 3.00 bits per heavy atom. The van der Waals surface area contributed by atoms with Crippen LogP contribution in [0.1, 0.15) is 32.1 Å². The molecule has 0 radical (unpaired) electrons. The van der Waals surface area contributed by atoms with Gasteiger partial charge in [-0.2, -0.15) is 0 Å². The average Bonchev–Trinajstić information content (AvgIpc) is 2.70. The minimum atomic E-state index is -0.668. The first-order valence-corrected chi connectivity index (χ1v) is 6.15. The highest BCUT2D eigenvalue weighted by atomic mass is 16.5. The number of rotatable bonds is 8. The summed E-state index contributed by atoms with van der Waals surface area (Å²) in [7, 11) is 1.73. The normalized spacial score (nSPS) is 21.4. The Kier molecular flexibility index (Phi) is 6.42. The molecule has 1 saturated heterocycles. The molecule has 0 bridgehead atoms. The summed E-state index contributed by atoms with van der Waals surface area (Å²) in [5.41, 5.74) is 0. The highest BCUT2D eigenvalue weighted by Gasteiger charge is 2.22. The number of hydrogen-bond donors (Lipinski definition) is 1. The molecule has 0 aromatic carbocycles. The molecular formula is C12H23NO3. The summed E-state index contributed by atoms with van der Waals surface area (Å²) in [5, 5.41) is 8.61. The van der Waals surface area contributed by atoms with Crippen LogP contribution in [-0.2, 0) is 9.53 Å². The summed E-state index contributed by atoms with van der Waals surface area (Å²) in [4.78, 5) is 12.9. The van der Waals surface area contributed by atoms with Gasteiger partial charge in [0.25, 0.3) is 0 Å². The van der Waals surface area contributed by atoms with Crippen LogP contribution >= 0.6 is 0 Å². The Morgan fingerprint density at radius 1 is 1.50 bits per heavy atom. The lowest BCUT2D eigenvalue weighted by atomic mass is 10.0. The van der Waals surface area contributed by atoms with E-state index in [9.17, 15) is 4.79 Å². The van der Waals surface area contributed by atoms with E-state index in [1.54, 1.807) is 7.11 Å². The van der Waals surface area contributed by atoms with Gasteiger partial charge in [-0.1, -0.05) is 0 Å². The van der Waals surface area contributed by atoms with Crippen LogP contribution < -0.4 is 0 Å². The second-order valence-electron chi connectivity index (χ2n) is 4.59. The van der Waals surface area contributed by atoms with E-state index in [1.807, 2.05) is 0 Å². The number of ether oxygens (including phenoxy) is 1. The summed E-state index contributed by atoms with van der Waals surface area (Å²) >= 11 is 0. The Morgan fingerprint density at radius 2 is 2.31 bits per heavy atom. The molecule has 0 aromatic rings. The van der Waals surface area contributed by atoms with Crippen molar-refractivity contribution in [2.45, 2.75) is 32.1 Å². The second kappa shape index (κ2) is 7.63. The average molecular weight is 229 g/mol. The number of unbranched alkanes of at least 4 members (excludes halogenated alkanes) is 1. The molecule has 1 aliphatic heterocycles. The van der Waals surface area contributed by atoms with Gasteiger partial charge in [0.15, 0.2) is 0 Å². The highest BCUT2D eigenvalue weighted by Crippen LogP contribution is 2.21. The fourth-order valence-electron chi connectivity index (χ4n) is 2.26. The first kappa shape index (κ1) is 13.5. The number of likely N-dealkylation sites (tertiary alicyclic amines) is 1. The van der Waals surface area contributed by atoms with Gasteiger partial charge < -0.3 is 14.7 Å². The third-order valence-corrected chi connectivity index (χ3v) is 3.21. The van der Waals surface area contributed by atoms with Crippen LogP contribution in [0.4, 0.5) is 0 Å². The SMILES string of the molecule is COCCCCN1CCC(CCC(=O)O)C1. The van der Waals surface area contributed by atoms with Gasteiger partial charge in [-0.25, -0.2) is 0 Å². The standard InChI is InChI=1S/C12H23NO3/c1-16-9-3-2-7-13-8-6-11(10-13)4-5-12(14)15/h11H,2-10H2,1H3,(H,14,15). The minimum absolute atomic E-state index is 0.322. The molecule has 16 heavy (non-hydrogen) atoms. The molecule has 94 valence electrons. The molecule has 0 amide bonds. The van der Waals surface area contributed by atoms with Crippen LogP contribution in [0, 0.1) is 5.92 Å². The molecule has 0 spiro atoms. The van der Waals surface area contributed by atoms with Crippen LogP contribution in [0.5, 0.6) is 0 Å². The zero-order chi connectivity index (χ0) is 11.8. The van der Waals surface area contributed by atoms with Crippen molar-refractivity contribution >= 4 is 5.97 Å². The molecule has 1 unspecified atom stereocenters. The Balaban J connectivity index is 2.03. The monoisotopic (exact) mass is 229 g/mol. The molecule has 0 aliphatic carbocycles. The van der Waals surface area contributed by atoms with Crippen LogP contribution in [0.25, 0.3) is 0 Å². The predicted molar refractivity (Wildman–Crippen MR) is 62.5 cm³/mol. The number of hydrogen-bond acceptors (Lipinski definition) is 3. The third-order valence-electron chi connectivity index (χ3n) is 3.21. The van der Waals surface area contributed by atoms with E-state index in [0.29, 0.717) is 12.3 Å². The van der Waals surface area contributed by atoms with Gasteiger partial charge in [-0.3, -0.25) is 4.79 Å². The van der Waals surface area contributed by atoms with Gasteiger partial charge >= 0.3 is 5.97 Å². The van der Waals surface area contributed by atoms with Gasteiger partial charge in [0.2, 0.25) is 0 Å².